The van der Waals surface area contributed by atoms with E-state index in [1.165, 1.54) is 0 Å². The van der Waals surface area contributed by atoms with Crippen molar-refractivity contribution in [2.45, 2.75) is 38.3 Å². The second kappa shape index (κ2) is 6.50. The van der Waals surface area contributed by atoms with Gasteiger partial charge in [-0.1, -0.05) is 6.07 Å². The number of primary amides is 1. The van der Waals surface area contributed by atoms with E-state index in [0.717, 1.165) is 5.56 Å². The Balaban J connectivity index is 1.82. The number of aromatic nitrogens is 1. The molecule has 3 N–H and O–H groups in total. The predicted molar refractivity (Wildman–Crippen MR) is 94.6 cm³/mol. The molecular formula is C19H22N2O5. The van der Waals surface area contributed by atoms with Crippen LogP contribution in [-0.4, -0.2) is 30.9 Å². The zero-order valence-electron chi connectivity index (χ0n) is 14.8. The van der Waals surface area contributed by atoms with Crippen molar-refractivity contribution in [1.82, 2.24) is 4.98 Å². The van der Waals surface area contributed by atoms with E-state index in [0.29, 0.717) is 41.6 Å². The number of methoxy groups -OCH3 is 1. The highest BCUT2D eigenvalue weighted by Gasteiger charge is 2.34. The Bertz CT molecular complexity index is 916. The Kier molecular flexibility index (Phi) is 4.30. The highest BCUT2D eigenvalue weighted by molar-refractivity contribution is 5.85. The number of fused-ring (bicyclic) bond motifs is 2. The molecule has 0 saturated carbocycles. The van der Waals surface area contributed by atoms with Gasteiger partial charge in [-0.3, -0.25) is 9.59 Å². The van der Waals surface area contributed by atoms with Gasteiger partial charge in [-0.15, -0.1) is 0 Å². The van der Waals surface area contributed by atoms with Crippen molar-refractivity contribution >= 4 is 16.8 Å². The molecule has 4 rings (SSSR count). The fourth-order valence-corrected chi connectivity index (χ4v) is 3.97. The summed E-state index contributed by atoms with van der Waals surface area (Å²) in [6, 6.07) is 5.47. The molecule has 0 spiro atoms. The number of H-pyrrole nitrogens is 1. The molecule has 0 bridgehead atoms. The number of amides is 1. The van der Waals surface area contributed by atoms with Crippen LogP contribution in [0.2, 0.25) is 0 Å². The fourth-order valence-electron chi connectivity index (χ4n) is 3.97. The van der Waals surface area contributed by atoms with Crippen LogP contribution in [-0.2, 0) is 25.4 Å². The third-order valence-electron chi connectivity index (χ3n) is 5.22. The largest absolute Gasteiger partial charge is 0.384 e. The van der Waals surface area contributed by atoms with Crippen molar-refractivity contribution in [3.8, 4) is 0 Å². The van der Waals surface area contributed by atoms with Gasteiger partial charge in [0.05, 0.1) is 5.92 Å². The third kappa shape index (κ3) is 2.82. The highest BCUT2D eigenvalue weighted by atomic mass is 16.9. The van der Waals surface area contributed by atoms with Gasteiger partial charge in [-0.05, 0) is 37.8 Å². The number of nitrogens with one attached hydrogen (secondary N) is 1. The first-order chi connectivity index (χ1) is 12.5. The molecule has 2 aromatic rings. The van der Waals surface area contributed by atoms with Crippen LogP contribution in [0.25, 0.3) is 10.9 Å². The summed E-state index contributed by atoms with van der Waals surface area (Å²) in [4.78, 5) is 28.4. The summed E-state index contributed by atoms with van der Waals surface area (Å²) in [6.07, 6.45) is 0.473. The van der Waals surface area contributed by atoms with Crippen molar-refractivity contribution in [1.29, 1.82) is 0 Å². The van der Waals surface area contributed by atoms with Crippen LogP contribution in [0, 0.1) is 5.92 Å². The number of hydrogen-bond donors (Lipinski definition) is 2. The number of rotatable bonds is 4. The first-order valence-corrected chi connectivity index (χ1v) is 8.75. The van der Waals surface area contributed by atoms with Gasteiger partial charge in [-0.2, -0.15) is 0 Å². The number of carbonyl (C=O) groups is 1. The monoisotopic (exact) mass is 358 g/mol. The maximum atomic E-state index is 13.1. The summed E-state index contributed by atoms with van der Waals surface area (Å²) >= 11 is 0. The number of carbonyl (C=O) groups excluding carboxylic acids is 1. The predicted octanol–water partition coefficient (Wildman–Crippen LogP) is 1.70. The van der Waals surface area contributed by atoms with E-state index in [1.807, 2.05) is 19.1 Å². The van der Waals surface area contributed by atoms with E-state index in [-0.39, 0.29) is 17.6 Å². The third-order valence-corrected chi connectivity index (χ3v) is 5.22. The maximum Gasteiger partial charge on any atom is 0.226 e. The van der Waals surface area contributed by atoms with Gasteiger partial charge in [0, 0.05) is 41.4 Å². The van der Waals surface area contributed by atoms with Crippen molar-refractivity contribution in [3.05, 3.63) is 45.2 Å². The van der Waals surface area contributed by atoms with Crippen molar-refractivity contribution < 1.29 is 19.0 Å². The molecule has 2 heterocycles. The van der Waals surface area contributed by atoms with Crippen LogP contribution in [0.15, 0.2) is 23.0 Å². The van der Waals surface area contributed by atoms with E-state index in [1.54, 1.807) is 13.2 Å². The van der Waals surface area contributed by atoms with E-state index in [9.17, 15) is 9.59 Å². The van der Waals surface area contributed by atoms with Gasteiger partial charge < -0.3 is 24.9 Å². The SMILES string of the molecule is COC[C@@H]1Cc2c([nH]c3ccc(C4OC(C)O4)cc3c2=O)[C@@H](C(N)=O)C1. The van der Waals surface area contributed by atoms with Crippen LogP contribution in [0.3, 0.4) is 0 Å². The van der Waals surface area contributed by atoms with Gasteiger partial charge in [0.1, 0.15) is 0 Å². The molecule has 1 saturated heterocycles. The zero-order chi connectivity index (χ0) is 18.4. The molecule has 2 atom stereocenters. The molecule has 1 fully saturated rings. The number of nitrogens with two attached hydrogens (primary N) is 1. The topological polar surface area (TPSA) is 104 Å². The van der Waals surface area contributed by atoms with Crippen molar-refractivity contribution in [2.24, 2.45) is 11.7 Å². The second-order valence-corrected chi connectivity index (χ2v) is 7.04. The summed E-state index contributed by atoms with van der Waals surface area (Å²) in [5.41, 5.74) is 8.27. The van der Waals surface area contributed by atoms with Gasteiger partial charge in [0.2, 0.25) is 5.91 Å². The van der Waals surface area contributed by atoms with Crippen molar-refractivity contribution in [3.63, 3.8) is 0 Å². The lowest BCUT2D eigenvalue weighted by Gasteiger charge is -2.34. The highest BCUT2D eigenvalue weighted by Crippen LogP contribution is 2.35. The molecule has 2 aliphatic rings. The fraction of sp³-hybridized carbons (Fsp3) is 0.474. The molecule has 0 radical (unpaired) electrons. The van der Waals surface area contributed by atoms with Crippen LogP contribution in [0.4, 0.5) is 0 Å². The average molecular weight is 358 g/mol. The molecule has 1 aliphatic heterocycles. The Morgan fingerprint density at radius 1 is 1.38 bits per heavy atom. The Morgan fingerprint density at radius 3 is 2.81 bits per heavy atom. The first-order valence-electron chi connectivity index (χ1n) is 8.75. The Labute approximate surface area is 150 Å². The zero-order valence-corrected chi connectivity index (χ0v) is 14.8. The van der Waals surface area contributed by atoms with Crippen molar-refractivity contribution in [2.75, 3.05) is 13.7 Å². The van der Waals surface area contributed by atoms with Gasteiger partial charge in [0.15, 0.2) is 18.0 Å². The maximum absolute atomic E-state index is 13.1. The molecule has 1 aliphatic carbocycles. The molecule has 1 aromatic carbocycles. The number of aromatic amines is 1. The van der Waals surface area contributed by atoms with Crippen LogP contribution >= 0.6 is 0 Å². The summed E-state index contributed by atoms with van der Waals surface area (Å²) in [6.45, 7) is 2.31. The number of pyridine rings is 1. The lowest BCUT2D eigenvalue weighted by Crippen LogP contribution is -2.35. The Hall–Kier alpha value is -2.22. The van der Waals surface area contributed by atoms with E-state index in [2.05, 4.69) is 4.98 Å². The lowest BCUT2D eigenvalue weighted by atomic mass is 9.79. The molecule has 26 heavy (non-hydrogen) atoms. The smallest absolute Gasteiger partial charge is 0.226 e. The summed E-state index contributed by atoms with van der Waals surface area (Å²) in [5.74, 6) is -0.843. The van der Waals surface area contributed by atoms with E-state index < -0.39 is 18.1 Å². The van der Waals surface area contributed by atoms with E-state index in [4.69, 9.17) is 19.9 Å². The van der Waals surface area contributed by atoms with Gasteiger partial charge in [-0.25, -0.2) is 0 Å². The first kappa shape index (κ1) is 17.2. The second-order valence-electron chi connectivity index (χ2n) is 7.04. The normalized spacial score (nSPS) is 27.8. The minimum absolute atomic E-state index is 0.0741. The lowest BCUT2D eigenvalue weighted by molar-refractivity contribution is -0.382. The van der Waals surface area contributed by atoms with Crippen LogP contribution < -0.4 is 11.2 Å². The summed E-state index contributed by atoms with van der Waals surface area (Å²) < 4.78 is 16.3. The average Bonchev–Trinajstić information content (AvgIpc) is 2.59. The minimum atomic E-state index is -0.505. The molecule has 7 nitrogen and oxygen atoms in total. The molecule has 0 unspecified atom stereocenters. The number of hydrogen-bond acceptors (Lipinski definition) is 5. The van der Waals surface area contributed by atoms with Gasteiger partial charge >= 0.3 is 0 Å². The molecule has 1 aromatic heterocycles. The Morgan fingerprint density at radius 2 is 2.15 bits per heavy atom. The van der Waals surface area contributed by atoms with Gasteiger partial charge in [0.25, 0.3) is 0 Å². The molecule has 1 amide bonds. The molecule has 138 valence electrons. The quantitative estimate of drug-likeness (QED) is 0.866. The minimum Gasteiger partial charge on any atom is -0.384 e. The summed E-state index contributed by atoms with van der Waals surface area (Å²) in [7, 11) is 1.62. The molecule has 7 heteroatoms. The standard InChI is InChI=1S/C19H22N2O5/c1-9-25-19(26-9)11-3-4-15-12(7-11)17(22)13-5-10(8-24-2)6-14(18(20)23)16(13)21-15/h3-4,7,9-10,14,19H,5-6,8H2,1-2H3,(H2,20,23)(H,21,22)/t9?,10-,14+,19?/m1/s1. The number of ether oxygens (including phenoxy) is 3. The number of benzene rings is 1. The van der Waals surface area contributed by atoms with E-state index >= 15 is 0 Å². The molecular weight excluding hydrogens is 336 g/mol. The van der Waals surface area contributed by atoms with Crippen LogP contribution in [0.1, 0.15) is 42.4 Å². The van der Waals surface area contributed by atoms with Crippen LogP contribution in [0.5, 0.6) is 0 Å². The summed E-state index contributed by atoms with van der Waals surface area (Å²) in [5, 5.41) is 0.564.